The zero-order valence-electron chi connectivity index (χ0n) is 13.5. The molecule has 25 heavy (non-hydrogen) atoms. The third kappa shape index (κ3) is 5.10. The molecule has 1 heterocycles. The summed E-state index contributed by atoms with van der Waals surface area (Å²) in [4.78, 5) is 1.56. The Hall–Kier alpha value is -2.77. The molecule has 2 aromatic carbocycles. The van der Waals surface area contributed by atoms with E-state index in [0.717, 1.165) is 11.4 Å². The van der Waals surface area contributed by atoms with Gasteiger partial charge in [0.1, 0.15) is 24.3 Å². The molecule has 130 valence electrons. The molecule has 2 N–H and O–H groups in total. The molecule has 7 heteroatoms. The molecule has 1 atom stereocenters. The van der Waals surface area contributed by atoms with E-state index in [9.17, 15) is 9.50 Å². The molecule has 3 aromatic rings. The number of aliphatic hydroxyl groups is 1. The van der Waals surface area contributed by atoms with E-state index >= 15 is 0 Å². The van der Waals surface area contributed by atoms with Crippen LogP contribution >= 0.6 is 0 Å². The molecule has 0 radical (unpaired) electrons. The van der Waals surface area contributed by atoms with Gasteiger partial charge in [-0.3, -0.25) is 0 Å². The summed E-state index contributed by atoms with van der Waals surface area (Å²) in [5, 5.41) is 21.6. The molecular weight excluding hydrogens is 323 g/mol. The Morgan fingerprint density at radius 2 is 1.88 bits per heavy atom. The second kappa shape index (κ2) is 8.36. The molecule has 1 unspecified atom stereocenters. The number of rotatable bonds is 8. The molecular formula is C18H19FN4O2. The fourth-order valence-corrected chi connectivity index (χ4v) is 2.21. The number of halogens is 1. The van der Waals surface area contributed by atoms with Gasteiger partial charge in [0.25, 0.3) is 0 Å². The Morgan fingerprint density at radius 1 is 1.12 bits per heavy atom. The van der Waals surface area contributed by atoms with Gasteiger partial charge in [-0.15, -0.1) is 0 Å². The van der Waals surface area contributed by atoms with E-state index < -0.39 is 6.10 Å². The van der Waals surface area contributed by atoms with Gasteiger partial charge in [-0.1, -0.05) is 18.2 Å². The number of ether oxygens (including phenoxy) is 1. The van der Waals surface area contributed by atoms with E-state index in [-0.39, 0.29) is 12.4 Å². The van der Waals surface area contributed by atoms with E-state index in [1.54, 1.807) is 11.0 Å². The van der Waals surface area contributed by atoms with Crippen molar-refractivity contribution in [1.82, 2.24) is 20.3 Å². The van der Waals surface area contributed by atoms with Gasteiger partial charge >= 0.3 is 0 Å². The van der Waals surface area contributed by atoms with Crippen molar-refractivity contribution in [2.24, 2.45) is 0 Å². The average molecular weight is 342 g/mol. The fraction of sp³-hybridized carbons (Fsp3) is 0.222. The highest BCUT2D eigenvalue weighted by Gasteiger charge is 2.07. The van der Waals surface area contributed by atoms with Crippen molar-refractivity contribution in [1.29, 1.82) is 0 Å². The van der Waals surface area contributed by atoms with E-state index in [2.05, 4.69) is 15.5 Å². The lowest BCUT2D eigenvalue weighted by atomic mass is 10.3. The number of nitrogens with zero attached hydrogens (tertiary/aromatic N) is 3. The predicted octanol–water partition coefficient (Wildman–Crippen LogP) is 1.94. The van der Waals surface area contributed by atoms with Crippen LogP contribution in [0.2, 0.25) is 0 Å². The minimum absolute atomic E-state index is 0.120. The van der Waals surface area contributed by atoms with Gasteiger partial charge < -0.3 is 15.2 Å². The summed E-state index contributed by atoms with van der Waals surface area (Å²) in [5.41, 5.74) is 1.66. The lowest BCUT2D eigenvalue weighted by molar-refractivity contribution is 0.106. The molecule has 0 spiro atoms. The first-order chi connectivity index (χ1) is 12.2. The average Bonchev–Trinajstić information content (AvgIpc) is 3.11. The number of benzene rings is 2. The minimum Gasteiger partial charge on any atom is -0.491 e. The van der Waals surface area contributed by atoms with Gasteiger partial charge in [0, 0.05) is 13.1 Å². The molecule has 3 rings (SSSR count). The SMILES string of the molecule is OC(CNCc1cnn(-c2ccccc2)n1)COc1ccc(F)cc1. The molecule has 0 saturated carbocycles. The first kappa shape index (κ1) is 17.1. The highest BCUT2D eigenvalue weighted by molar-refractivity contribution is 5.28. The summed E-state index contributed by atoms with van der Waals surface area (Å²) in [6.07, 6.45) is 0.996. The van der Waals surface area contributed by atoms with Crippen LogP contribution in [0, 0.1) is 5.82 Å². The molecule has 0 fully saturated rings. The van der Waals surface area contributed by atoms with Crippen molar-refractivity contribution < 1.29 is 14.2 Å². The highest BCUT2D eigenvalue weighted by Crippen LogP contribution is 2.11. The zero-order chi connectivity index (χ0) is 17.5. The zero-order valence-corrected chi connectivity index (χ0v) is 13.5. The van der Waals surface area contributed by atoms with Crippen molar-refractivity contribution in [3.8, 4) is 11.4 Å². The van der Waals surface area contributed by atoms with Gasteiger partial charge in [-0.2, -0.15) is 15.0 Å². The van der Waals surface area contributed by atoms with Crippen LogP contribution in [0.4, 0.5) is 4.39 Å². The third-order valence-electron chi connectivity index (χ3n) is 3.47. The first-order valence-electron chi connectivity index (χ1n) is 7.94. The van der Waals surface area contributed by atoms with Gasteiger partial charge in [-0.25, -0.2) is 4.39 Å². The number of hydrogen-bond acceptors (Lipinski definition) is 5. The maximum absolute atomic E-state index is 12.8. The van der Waals surface area contributed by atoms with E-state index in [1.165, 1.54) is 24.3 Å². The van der Waals surface area contributed by atoms with Crippen molar-refractivity contribution in [2.75, 3.05) is 13.2 Å². The normalized spacial score (nSPS) is 12.1. The van der Waals surface area contributed by atoms with E-state index in [1.807, 2.05) is 30.3 Å². The second-order valence-corrected chi connectivity index (χ2v) is 5.51. The van der Waals surface area contributed by atoms with Crippen LogP contribution in [-0.4, -0.2) is 39.4 Å². The van der Waals surface area contributed by atoms with Crippen molar-refractivity contribution >= 4 is 0 Å². The van der Waals surface area contributed by atoms with Crippen LogP contribution in [-0.2, 0) is 6.54 Å². The van der Waals surface area contributed by atoms with Crippen molar-refractivity contribution in [3.05, 3.63) is 72.3 Å². The van der Waals surface area contributed by atoms with Crippen molar-refractivity contribution in [3.63, 3.8) is 0 Å². The quantitative estimate of drug-likeness (QED) is 0.654. The largest absolute Gasteiger partial charge is 0.491 e. The lowest BCUT2D eigenvalue weighted by Gasteiger charge is -2.12. The molecule has 6 nitrogen and oxygen atoms in total. The molecule has 0 amide bonds. The van der Waals surface area contributed by atoms with Crippen LogP contribution in [0.15, 0.2) is 60.8 Å². The third-order valence-corrected chi connectivity index (χ3v) is 3.47. The number of nitrogens with one attached hydrogen (secondary N) is 1. The van der Waals surface area contributed by atoms with Crippen LogP contribution < -0.4 is 10.1 Å². The standard InChI is InChI=1S/C18H19FN4O2/c19-14-6-8-18(9-7-14)25-13-17(24)12-20-10-15-11-21-23(22-15)16-4-2-1-3-5-16/h1-9,11,17,20,24H,10,12-13H2. The van der Waals surface area contributed by atoms with Crippen LogP contribution in [0.25, 0.3) is 5.69 Å². The summed E-state index contributed by atoms with van der Waals surface area (Å²) in [7, 11) is 0. The summed E-state index contributed by atoms with van der Waals surface area (Å²) < 4.78 is 18.2. The van der Waals surface area contributed by atoms with Gasteiger partial charge in [0.05, 0.1) is 17.6 Å². The Morgan fingerprint density at radius 3 is 2.64 bits per heavy atom. The fourth-order valence-electron chi connectivity index (χ4n) is 2.21. The monoisotopic (exact) mass is 342 g/mol. The topological polar surface area (TPSA) is 72.2 Å². The number of para-hydroxylation sites is 1. The molecule has 1 aromatic heterocycles. The first-order valence-corrected chi connectivity index (χ1v) is 7.94. The molecule has 0 saturated heterocycles. The molecule has 0 aliphatic rings. The number of aliphatic hydroxyl groups excluding tert-OH is 1. The smallest absolute Gasteiger partial charge is 0.123 e. The molecule has 0 aliphatic heterocycles. The van der Waals surface area contributed by atoms with E-state index in [0.29, 0.717) is 18.8 Å². The Balaban J connectivity index is 1.40. The predicted molar refractivity (Wildman–Crippen MR) is 91.0 cm³/mol. The maximum atomic E-state index is 12.8. The Bertz CT molecular complexity index is 777. The van der Waals surface area contributed by atoms with E-state index in [4.69, 9.17) is 4.74 Å². The van der Waals surface area contributed by atoms with Gasteiger partial charge in [-0.05, 0) is 36.4 Å². The second-order valence-electron chi connectivity index (χ2n) is 5.51. The molecule has 0 bridgehead atoms. The van der Waals surface area contributed by atoms with Crippen LogP contribution in [0.3, 0.4) is 0 Å². The van der Waals surface area contributed by atoms with Gasteiger partial charge in [0.15, 0.2) is 0 Å². The minimum atomic E-state index is -0.686. The summed E-state index contributed by atoms with van der Waals surface area (Å²) in [6.45, 7) is 0.954. The number of aromatic nitrogens is 3. The molecule has 0 aliphatic carbocycles. The number of hydrogen-bond donors (Lipinski definition) is 2. The maximum Gasteiger partial charge on any atom is 0.123 e. The van der Waals surface area contributed by atoms with Crippen molar-refractivity contribution in [2.45, 2.75) is 12.6 Å². The lowest BCUT2D eigenvalue weighted by Crippen LogP contribution is -2.31. The van der Waals surface area contributed by atoms with Crippen LogP contribution in [0.5, 0.6) is 5.75 Å². The highest BCUT2D eigenvalue weighted by atomic mass is 19.1. The van der Waals surface area contributed by atoms with Crippen LogP contribution in [0.1, 0.15) is 5.69 Å². The summed E-state index contributed by atoms with van der Waals surface area (Å²) in [6, 6.07) is 15.3. The summed E-state index contributed by atoms with van der Waals surface area (Å²) in [5.74, 6) is 0.198. The Kier molecular flexibility index (Phi) is 5.71. The Labute approximate surface area is 144 Å². The van der Waals surface area contributed by atoms with Gasteiger partial charge in [0.2, 0.25) is 0 Å². The summed E-state index contributed by atoms with van der Waals surface area (Å²) >= 11 is 0.